The molecule has 2 N–H and O–H groups in total. The van der Waals surface area contributed by atoms with E-state index in [9.17, 15) is 8.78 Å². The number of aryl methyl sites for hydroxylation is 2. The van der Waals surface area contributed by atoms with E-state index in [1.165, 1.54) is 6.07 Å². The Morgan fingerprint density at radius 1 is 1.16 bits per heavy atom. The van der Waals surface area contributed by atoms with Crippen LogP contribution in [0.1, 0.15) is 28.4 Å². The van der Waals surface area contributed by atoms with Gasteiger partial charge in [0.15, 0.2) is 0 Å². The van der Waals surface area contributed by atoms with Crippen molar-refractivity contribution in [1.29, 1.82) is 0 Å². The third kappa shape index (κ3) is 2.96. The monoisotopic (exact) mass is 262 g/mol. The third-order valence-corrected chi connectivity index (χ3v) is 3.21. The molecule has 1 heterocycles. The average molecular weight is 262 g/mol. The molecule has 2 nitrogen and oxygen atoms in total. The van der Waals surface area contributed by atoms with E-state index >= 15 is 0 Å². The van der Waals surface area contributed by atoms with Crippen molar-refractivity contribution in [3.63, 3.8) is 0 Å². The second-order valence-corrected chi connectivity index (χ2v) is 4.70. The fourth-order valence-electron chi connectivity index (χ4n) is 2.01. The van der Waals surface area contributed by atoms with Crippen molar-refractivity contribution in [3.05, 3.63) is 64.5 Å². The van der Waals surface area contributed by atoms with Crippen molar-refractivity contribution in [3.8, 4) is 0 Å². The first-order valence-corrected chi connectivity index (χ1v) is 6.10. The fourth-order valence-corrected chi connectivity index (χ4v) is 2.01. The number of nitrogens with two attached hydrogens (primary N) is 1. The van der Waals surface area contributed by atoms with Crippen molar-refractivity contribution in [1.82, 2.24) is 4.98 Å². The minimum absolute atomic E-state index is 0.323. The Kier molecular flexibility index (Phi) is 3.90. The van der Waals surface area contributed by atoms with Gasteiger partial charge in [-0.2, -0.15) is 0 Å². The molecule has 0 aliphatic carbocycles. The minimum Gasteiger partial charge on any atom is -0.324 e. The summed E-state index contributed by atoms with van der Waals surface area (Å²) < 4.78 is 27.0. The smallest absolute Gasteiger partial charge is 0.130 e. The number of rotatable bonds is 3. The largest absolute Gasteiger partial charge is 0.324 e. The lowest BCUT2D eigenvalue weighted by Crippen LogP contribution is -2.17. The first kappa shape index (κ1) is 13.6. The standard InChI is InChI=1S/C15H16F2N2/c1-9-4-3-5-19-15(9)8-14(18)11-6-10(2)12(16)7-13(11)17/h3-7,14H,8,18H2,1-2H3. The van der Waals surface area contributed by atoms with Gasteiger partial charge in [-0.05, 0) is 37.1 Å². The second kappa shape index (κ2) is 5.45. The summed E-state index contributed by atoms with van der Waals surface area (Å²) in [6, 6.07) is 5.59. The van der Waals surface area contributed by atoms with Gasteiger partial charge < -0.3 is 5.73 Å². The zero-order chi connectivity index (χ0) is 14.0. The van der Waals surface area contributed by atoms with Gasteiger partial charge in [-0.25, -0.2) is 8.78 Å². The van der Waals surface area contributed by atoms with Crippen LogP contribution in [0, 0.1) is 25.5 Å². The molecule has 0 fully saturated rings. The van der Waals surface area contributed by atoms with Gasteiger partial charge in [0, 0.05) is 36.0 Å². The van der Waals surface area contributed by atoms with Crippen molar-refractivity contribution in [2.75, 3.05) is 0 Å². The van der Waals surface area contributed by atoms with E-state index in [1.807, 2.05) is 19.1 Å². The molecule has 0 radical (unpaired) electrons. The highest BCUT2D eigenvalue weighted by molar-refractivity contribution is 5.30. The Bertz CT molecular complexity index is 597. The Morgan fingerprint density at radius 3 is 2.58 bits per heavy atom. The topological polar surface area (TPSA) is 38.9 Å². The van der Waals surface area contributed by atoms with Gasteiger partial charge in [-0.1, -0.05) is 6.07 Å². The Hall–Kier alpha value is -1.81. The maximum atomic E-state index is 13.7. The number of hydrogen-bond donors (Lipinski definition) is 1. The molecular formula is C15H16F2N2. The van der Waals surface area contributed by atoms with E-state index in [1.54, 1.807) is 13.1 Å². The van der Waals surface area contributed by atoms with Crippen molar-refractivity contribution < 1.29 is 8.78 Å². The van der Waals surface area contributed by atoms with Crippen LogP contribution in [0.2, 0.25) is 0 Å². The summed E-state index contributed by atoms with van der Waals surface area (Å²) in [4.78, 5) is 4.24. The first-order valence-electron chi connectivity index (χ1n) is 6.10. The van der Waals surface area contributed by atoms with Crippen LogP contribution in [0.25, 0.3) is 0 Å². The Morgan fingerprint density at radius 2 is 1.89 bits per heavy atom. The van der Waals surface area contributed by atoms with E-state index in [0.29, 0.717) is 17.5 Å². The molecule has 1 aromatic carbocycles. The number of aromatic nitrogens is 1. The van der Waals surface area contributed by atoms with Gasteiger partial charge in [0.1, 0.15) is 11.6 Å². The van der Waals surface area contributed by atoms with Gasteiger partial charge in [0.05, 0.1) is 0 Å². The van der Waals surface area contributed by atoms with E-state index in [4.69, 9.17) is 5.73 Å². The average Bonchev–Trinajstić information content (AvgIpc) is 2.36. The molecule has 0 amide bonds. The lowest BCUT2D eigenvalue weighted by atomic mass is 9.98. The summed E-state index contributed by atoms with van der Waals surface area (Å²) >= 11 is 0. The normalized spacial score (nSPS) is 12.5. The van der Waals surface area contributed by atoms with Gasteiger partial charge in [-0.3, -0.25) is 4.98 Å². The van der Waals surface area contributed by atoms with E-state index in [2.05, 4.69) is 4.98 Å². The Labute approximate surface area is 111 Å². The van der Waals surface area contributed by atoms with E-state index in [0.717, 1.165) is 17.3 Å². The minimum atomic E-state index is -0.607. The highest BCUT2D eigenvalue weighted by Gasteiger charge is 2.16. The predicted molar refractivity (Wildman–Crippen MR) is 70.7 cm³/mol. The van der Waals surface area contributed by atoms with Crippen LogP contribution in [-0.2, 0) is 6.42 Å². The molecule has 0 spiro atoms. The molecule has 19 heavy (non-hydrogen) atoms. The molecule has 0 saturated carbocycles. The summed E-state index contributed by atoms with van der Waals surface area (Å²) in [5.74, 6) is -1.16. The number of halogens is 2. The highest BCUT2D eigenvalue weighted by Crippen LogP contribution is 2.22. The van der Waals surface area contributed by atoms with E-state index in [-0.39, 0.29) is 0 Å². The van der Waals surface area contributed by atoms with Crippen LogP contribution in [0.15, 0.2) is 30.5 Å². The molecule has 1 aromatic heterocycles. The van der Waals surface area contributed by atoms with Gasteiger partial charge in [0.2, 0.25) is 0 Å². The molecule has 2 rings (SSSR count). The SMILES string of the molecule is Cc1cc(C(N)Cc2ncccc2C)c(F)cc1F. The summed E-state index contributed by atoms with van der Waals surface area (Å²) in [5.41, 5.74) is 8.57. The van der Waals surface area contributed by atoms with Gasteiger partial charge in [-0.15, -0.1) is 0 Å². The quantitative estimate of drug-likeness (QED) is 0.922. The maximum Gasteiger partial charge on any atom is 0.130 e. The van der Waals surface area contributed by atoms with Crippen LogP contribution in [-0.4, -0.2) is 4.98 Å². The van der Waals surface area contributed by atoms with Crippen molar-refractivity contribution in [2.24, 2.45) is 5.73 Å². The number of benzene rings is 1. The summed E-state index contributed by atoms with van der Waals surface area (Å²) in [6.07, 6.45) is 2.11. The molecule has 2 aromatic rings. The summed E-state index contributed by atoms with van der Waals surface area (Å²) in [6.45, 7) is 3.53. The van der Waals surface area contributed by atoms with Crippen LogP contribution in [0.5, 0.6) is 0 Å². The van der Waals surface area contributed by atoms with Gasteiger partial charge >= 0.3 is 0 Å². The molecule has 4 heteroatoms. The molecule has 0 saturated heterocycles. The lowest BCUT2D eigenvalue weighted by Gasteiger charge is -2.15. The number of hydrogen-bond acceptors (Lipinski definition) is 2. The zero-order valence-electron chi connectivity index (χ0n) is 11.0. The molecule has 100 valence electrons. The molecule has 0 aliphatic rings. The third-order valence-electron chi connectivity index (χ3n) is 3.21. The van der Waals surface area contributed by atoms with Crippen LogP contribution < -0.4 is 5.73 Å². The van der Waals surface area contributed by atoms with Crippen molar-refractivity contribution >= 4 is 0 Å². The zero-order valence-corrected chi connectivity index (χ0v) is 11.0. The number of nitrogens with zero attached hydrogens (tertiary/aromatic N) is 1. The van der Waals surface area contributed by atoms with Crippen molar-refractivity contribution in [2.45, 2.75) is 26.3 Å². The van der Waals surface area contributed by atoms with Gasteiger partial charge in [0.25, 0.3) is 0 Å². The second-order valence-electron chi connectivity index (χ2n) is 4.70. The lowest BCUT2D eigenvalue weighted by molar-refractivity contribution is 0.548. The first-order chi connectivity index (χ1) is 8.99. The van der Waals surface area contributed by atoms with Crippen LogP contribution >= 0.6 is 0 Å². The summed E-state index contributed by atoms with van der Waals surface area (Å²) in [7, 11) is 0. The molecule has 1 atom stereocenters. The molecule has 1 unspecified atom stereocenters. The predicted octanol–water partition coefficient (Wildman–Crippen LogP) is 3.22. The maximum absolute atomic E-state index is 13.7. The molecule has 0 aliphatic heterocycles. The highest BCUT2D eigenvalue weighted by atomic mass is 19.1. The van der Waals surface area contributed by atoms with E-state index < -0.39 is 17.7 Å². The Balaban J connectivity index is 2.28. The number of pyridine rings is 1. The molecule has 0 bridgehead atoms. The van der Waals surface area contributed by atoms with Crippen LogP contribution in [0.3, 0.4) is 0 Å². The van der Waals surface area contributed by atoms with Crippen LogP contribution in [0.4, 0.5) is 8.78 Å². The molecular weight excluding hydrogens is 246 g/mol. The summed E-state index contributed by atoms with van der Waals surface area (Å²) in [5, 5.41) is 0. The fraction of sp³-hybridized carbons (Fsp3) is 0.267.